The quantitative estimate of drug-likeness (QED) is 0.0488. The summed E-state index contributed by atoms with van der Waals surface area (Å²) in [6, 6.07) is 4.25. The Labute approximate surface area is 341 Å². The van der Waals surface area contributed by atoms with Crippen molar-refractivity contribution in [3.8, 4) is 0 Å². The molecule has 1 aromatic rings. The lowest BCUT2D eigenvalue weighted by Crippen LogP contribution is -2.25. The highest BCUT2D eigenvalue weighted by molar-refractivity contribution is 5.69. The van der Waals surface area contributed by atoms with Gasteiger partial charge in [-0.1, -0.05) is 169 Å². The average Bonchev–Trinajstić information content (AvgIpc) is 3.20. The number of carbonyl (C=O) groups is 2. The van der Waals surface area contributed by atoms with E-state index in [2.05, 4.69) is 49.7 Å². The monoisotopic (exact) mass is 771 g/mol. The van der Waals surface area contributed by atoms with Gasteiger partial charge in [-0.2, -0.15) is 0 Å². The molecular weight excluding hydrogens is 681 g/mol. The number of unbranched alkanes of at least 4 members (excludes halogenated alkanes) is 20. The first kappa shape index (κ1) is 50.9. The molecule has 0 aliphatic rings. The molecule has 6 heteroatoms. The van der Waals surface area contributed by atoms with E-state index in [9.17, 15) is 9.59 Å². The van der Waals surface area contributed by atoms with Crippen molar-refractivity contribution < 1.29 is 19.1 Å². The van der Waals surface area contributed by atoms with Gasteiger partial charge in [0.15, 0.2) is 0 Å². The van der Waals surface area contributed by atoms with Crippen LogP contribution in [-0.2, 0) is 19.1 Å². The third-order valence-corrected chi connectivity index (χ3v) is 11.5. The molecule has 0 aliphatic heterocycles. The van der Waals surface area contributed by atoms with Crippen LogP contribution in [0.4, 0.5) is 5.69 Å². The first-order chi connectivity index (χ1) is 27.0. The number of nitrogens with zero attached hydrogens (tertiary/aromatic N) is 2. The van der Waals surface area contributed by atoms with Crippen LogP contribution in [-0.4, -0.2) is 43.2 Å². The Hall–Kier alpha value is -2.11. The minimum atomic E-state index is 0.000970. The summed E-state index contributed by atoms with van der Waals surface area (Å²) < 4.78 is 11.6. The van der Waals surface area contributed by atoms with Gasteiger partial charge in [0, 0.05) is 44.0 Å². The van der Waals surface area contributed by atoms with Crippen molar-refractivity contribution >= 4 is 17.6 Å². The van der Waals surface area contributed by atoms with E-state index in [4.69, 9.17) is 9.47 Å². The van der Waals surface area contributed by atoms with Gasteiger partial charge < -0.3 is 14.4 Å². The van der Waals surface area contributed by atoms with Crippen molar-refractivity contribution in [2.24, 2.45) is 11.8 Å². The van der Waals surface area contributed by atoms with Crippen LogP contribution in [0.1, 0.15) is 233 Å². The first-order valence-electron chi connectivity index (χ1n) is 24.0. The lowest BCUT2D eigenvalue weighted by molar-refractivity contribution is -0.146. The van der Waals surface area contributed by atoms with Gasteiger partial charge in [-0.25, -0.2) is 0 Å². The highest BCUT2D eigenvalue weighted by Gasteiger charge is 2.14. The molecule has 0 saturated heterocycles. The topological polar surface area (TPSA) is 68.7 Å². The summed E-state index contributed by atoms with van der Waals surface area (Å²) in [4.78, 5) is 31.8. The largest absolute Gasteiger partial charge is 0.465 e. The number of rotatable bonds is 41. The van der Waals surface area contributed by atoms with Gasteiger partial charge in [-0.15, -0.1) is 0 Å². The van der Waals surface area contributed by atoms with Gasteiger partial charge in [0.05, 0.1) is 13.2 Å². The molecule has 6 nitrogen and oxygen atoms in total. The van der Waals surface area contributed by atoms with Crippen LogP contribution in [0.25, 0.3) is 0 Å². The van der Waals surface area contributed by atoms with Crippen LogP contribution in [0, 0.1) is 11.8 Å². The first-order valence-corrected chi connectivity index (χ1v) is 24.0. The minimum absolute atomic E-state index is 0.000970. The van der Waals surface area contributed by atoms with Crippen molar-refractivity contribution in [1.82, 2.24) is 4.98 Å². The molecule has 0 radical (unpaired) electrons. The molecule has 0 aromatic carbocycles. The zero-order valence-corrected chi connectivity index (χ0v) is 36.9. The molecule has 0 N–H and O–H groups in total. The number of ether oxygens (including phenoxy) is 2. The van der Waals surface area contributed by atoms with E-state index in [1.54, 1.807) is 0 Å². The molecule has 0 spiro atoms. The number of hydrogen-bond acceptors (Lipinski definition) is 6. The lowest BCUT2D eigenvalue weighted by Gasteiger charge is -2.25. The third kappa shape index (κ3) is 31.6. The fourth-order valence-electron chi connectivity index (χ4n) is 7.76. The van der Waals surface area contributed by atoms with Crippen molar-refractivity contribution in [2.75, 3.05) is 31.2 Å². The van der Waals surface area contributed by atoms with Gasteiger partial charge in [-0.05, 0) is 75.3 Å². The SMILES string of the molecule is CCCCCCC(CCCCCC)COC(=O)CCCCCCCN(CCCCCCCC(=O)OCC(CCCCCC)CCCCCC)c1ccncc1. The van der Waals surface area contributed by atoms with Crippen LogP contribution < -0.4 is 4.90 Å². The Balaban J connectivity index is 2.25. The van der Waals surface area contributed by atoms with E-state index in [0.29, 0.717) is 37.9 Å². The predicted molar refractivity (Wildman–Crippen MR) is 236 cm³/mol. The second-order valence-corrected chi connectivity index (χ2v) is 16.7. The standard InChI is InChI=1S/C49H90N2O4/c1-5-9-13-23-31-45(32-24-14-10-6-2)43-54-48(52)35-27-19-17-21-29-41-51(47-37-39-50-40-38-47)42-30-22-18-20-28-36-49(53)55-44-46(33-25-15-11-7-3)34-26-16-12-8-4/h37-40,45-46H,5-36,41-44H2,1-4H3. The number of carbonyl (C=O) groups excluding carboxylic acids is 2. The molecule has 0 atom stereocenters. The number of anilines is 1. The Kier molecular flexibility index (Phi) is 35.9. The molecule has 0 fully saturated rings. The zero-order chi connectivity index (χ0) is 39.9. The number of pyridine rings is 1. The van der Waals surface area contributed by atoms with Crippen LogP contribution in [0.5, 0.6) is 0 Å². The Bertz CT molecular complexity index is 891. The van der Waals surface area contributed by atoms with Crippen LogP contribution in [0.2, 0.25) is 0 Å². The average molecular weight is 771 g/mol. The molecule has 1 aromatic heterocycles. The second-order valence-electron chi connectivity index (χ2n) is 16.7. The third-order valence-electron chi connectivity index (χ3n) is 11.5. The molecule has 55 heavy (non-hydrogen) atoms. The summed E-state index contributed by atoms with van der Waals surface area (Å²) in [6.45, 7) is 12.4. The minimum Gasteiger partial charge on any atom is -0.465 e. The van der Waals surface area contributed by atoms with Crippen molar-refractivity contribution in [3.63, 3.8) is 0 Å². The Morgan fingerprint density at radius 1 is 0.473 bits per heavy atom. The number of aromatic nitrogens is 1. The summed E-state index contributed by atoms with van der Waals surface area (Å²) in [5.74, 6) is 1.07. The van der Waals surface area contributed by atoms with Crippen LogP contribution >= 0.6 is 0 Å². The molecule has 0 unspecified atom stereocenters. The van der Waals surface area contributed by atoms with E-state index < -0.39 is 0 Å². The summed E-state index contributed by atoms with van der Waals surface area (Å²) >= 11 is 0. The smallest absolute Gasteiger partial charge is 0.305 e. The Morgan fingerprint density at radius 3 is 1.16 bits per heavy atom. The maximum absolute atomic E-state index is 12.5. The van der Waals surface area contributed by atoms with E-state index in [1.807, 2.05) is 12.4 Å². The Morgan fingerprint density at radius 2 is 0.800 bits per heavy atom. The maximum atomic E-state index is 12.5. The highest BCUT2D eigenvalue weighted by Crippen LogP contribution is 2.22. The fourth-order valence-corrected chi connectivity index (χ4v) is 7.76. The fraction of sp³-hybridized carbons (Fsp3) is 0.857. The molecule has 1 rings (SSSR count). The maximum Gasteiger partial charge on any atom is 0.305 e. The second kappa shape index (κ2) is 38.7. The van der Waals surface area contributed by atoms with Crippen molar-refractivity contribution in [3.05, 3.63) is 24.5 Å². The molecule has 320 valence electrons. The molecule has 0 amide bonds. The molecule has 0 saturated carbocycles. The van der Waals surface area contributed by atoms with Crippen LogP contribution in [0.3, 0.4) is 0 Å². The van der Waals surface area contributed by atoms with Gasteiger partial charge in [0.2, 0.25) is 0 Å². The molecule has 0 bridgehead atoms. The normalized spacial score (nSPS) is 11.5. The number of esters is 2. The molecule has 0 aliphatic carbocycles. The lowest BCUT2D eigenvalue weighted by atomic mass is 9.95. The summed E-state index contributed by atoms with van der Waals surface area (Å²) in [5, 5.41) is 0. The van der Waals surface area contributed by atoms with Crippen LogP contribution in [0.15, 0.2) is 24.5 Å². The van der Waals surface area contributed by atoms with Crippen molar-refractivity contribution in [1.29, 1.82) is 0 Å². The van der Waals surface area contributed by atoms with Gasteiger partial charge in [0.25, 0.3) is 0 Å². The number of hydrogen-bond donors (Lipinski definition) is 0. The molecule has 1 heterocycles. The highest BCUT2D eigenvalue weighted by atomic mass is 16.5. The van der Waals surface area contributed by atoms with E-state index in [-0.39, 0.29) is 11.9 Å². The van der Waals surface area contributed by atoms with Gasteiger partial charge >= 0.3 is 11.9 Å². The predicted octanol–water partition coefficient (Wildman–Crippen LogP) is 14.8. The summed E-state index contributed by atoms with van der Waals surface area (Å²) in [7, 11) is 0. The van der Waals surface area contributed by atoms with Gasteiger partial charge in [-0.3, -0.25) is 14.6 Å². The summed E-state index contributed by atoms with van der Waals surface area (Å²) in [5.41, 5.74) is 1.25. The van der Waals surface area contributed by atoms with E-state index >= 15 is 0 Å². The van der Waals surface area contributed by atoms with Gasteiger partial charge in [0.1, 0.15) is 0 Å². The van der Waals surface area contributed by atoms with E-state index in [1.165, 1.54) is 147 Å². The zero-order valence-electron chi connectivity index (χ0n) is 36.9. The molecular formula is C49H90N2O4. The summed E-state index contributed by atoms with van der Waals surface area (Å²) in [6.07, 6.45) is 41.3. The van der Waals surface area contributed by atoms with E-state index in [0.717, 1.165) is 64.5 Å². The van der Waals surface area contributed by atoms with Crippen molar-refractivity contribution in [2.45, 2.75) is 233 Å².